The summed E-state index contributed by atoms with van der Waals surface area (Å²) >= 11 is 3.39. The van der Waals surface area contributed by atoms with Crippen LogP contribution in [0.25, 0.3) is 11.8 Å². The Labute approximate surface area is 143 Å². The number of halogens is 1. The highest BCUT2D eigenvalue weighted by atomic mass is 79.9. The van der Waals surface area contributed by atoms with Crippen LogP contribution in [0.5, 0.6) is 5.75 Å². The highest BCUT2D eigenvalue weighted by molar-refractivity contribution is 9.10. The van der Waals surface area contributed by atoms with Gasteiger partial charge in [-0.1, -0.05) is 34.1 Å². The van der Waals surface area contributed by atoms with E-state index in [1.165, 1.54) is 0 Å². The lowest BCUT2D eigenvalue weighted by molar-refractivity contribution is -0.130. The normalized spacial score (nSPS) is 15.5. The molecule has 1 aliphatic rings. The maximum Gasteiger partial charge on any atom is 0.343 e. The van der Waals surface area contributed by atoms with Crippen molar-refractivity contribution in [2.24, 2.45) is 0 Å². The highest BCUT2D eigenvalue weighted by Crippen LogP contribution is 2.29. The van der Waals surface area contributed by atoms with E-state index in [1.807, 2.05) is 55.5 Å². The number of methoxy groups -OCH3 is 1. The number of aryl methyl sites for hydroxylation is 1. The second kappa shape index (κ2) is 6.42. The van der Waals surface area contributed by atoms with Crippen molar-refractivity contribution >= 4 is 33.7 Å². The number of carbonyl (C=O) groups excluding carboxylic acids is 1. The molecule has 0 unspecified atom stereocenters. The van der Waals surface area contributed by atoms with Gasteiger partial charge in [-0.3, -0.25) is 0 Å². The van der Waals surface area contributed by atoms with Crippen LogP contribution in [0.3, 0.4) is 0 Å². The Bertz CT molecular complexity index is 817. The molecule has 0 atom stereocenters. The van der Waals surface area contributed by atoms with Crippen molar-refractivity contribution < 1.29 is 14.3 Å². The standard InChI is InChI=1S/C19H15BrO3/c1-12-9-17(22-2)8-5-14(12)10-15-11-18(23-19(15)21)13-3-6-16(20)7-4-13/h3-11H,1-2H3. The first-order valence-electron chi connectivity index (χ1n) is 7.13. The third-order valence-corrected chi connectivity index (χ3v) is 4.17. The molecule has 3 nitrogen and oxygen atoms in total. The number of benzene rings is 2. The van der Waals surface area contributed by atoms with E-state index < -0.39 is 0 Å². The van der Waals surface area contributed by atoms with Gasteiger partial charge in [0, 0.05) is 10.0 Å². The van der Waals surface area contributed by atoms with Crippen molar-refractivity contribution in [2.75, 3.05) is 7.11 Å². The van der Waals surface area contributed by atoms with E-state index in [2.05, 4.69) is 15.9 Å². The molecule has 0 saturated carbocycles. The van der Waals surface area contributed by atoms with Crippen LogP contribution in [0.4, 0.5) is 0 Å². The van der Waals surface area contributed by atoms with Crippen molar-refractivity contribution in [3.05, 3.63) is 75.3 Å². The summed E-state index contributed by atoms with van der Waals surface area (Å²) in [5.41, 5.74) is 3.41. The smallest absolute Gasteiger partial charge is 0.343 e. The summed E-state index contributed by atoms with van der Waals surface area (Å²) in [6.45, 7) is 1.98. The van der Waals surface area contributed by atoms with Crippen molar-refractivity contribution in [3.8, 4) is 5.75 Å². The molecule has 0 amide bonds. The summed E-state index contributed by atoms with van der Waals surface area (Å²) in [7, 11) is 1.63. The van der Waals surface area contributed by atoms with Crippen LogP contribution in [0.15, 0.2) is 58.6 Å². The molecule has 2 aromatic carbocycles. The Morgan fingerprint density at radius 3 is 2.52 bits per heavy atom. The second-order valence-electron chi connectivity index (χ2n) is 5.23. The fourth-order valence-corrected chi connectivity index (χ4v) is 2.61. The van der Waals surface area contributed by atoms with Crippen molar-refractivity contribution in [1.29, 1.82) is 0 Å². The number of carbonyl (C=O) groups is 1. The van der Waals surface area contributed by atoms with Gasteiger partial charge in [0.05, 0.1) is 12.7 Å². The molecule has 0 saturated heterocycles. The van der Waals surface area contributed by atoms with E-state index in [-0.39, 0.29) is 5.97 Å². The molecule has 0 fully saturated rings. The molecule has 0 aliphatic carbocycles. The summed E-state index contributed by atoms with van der Waals surface area (Å²) < 4.78 is 11.6. The molecule has 0 N–H and O–H groups in total. The minimum Gasteiger partial charge on any atom is -0.497 e. The molecule has 0 aromatic heterocycles. The summed E-state index contributed by atoms with van der Waals surface area (Å²) in [5, 5.41) is 0. The minimum absolute atomic E-state index is 0.335. The lowest BCUT2D eigenvalue weighted by Crippen LogP contribution is -1.97. The fourth-order valence-electron chi connectivity index (χ4n) is 2.35. The first kappa shape index (κ1) is 15.6. The first-order chi connectivity index (χ1) is 11.1. The average Bonchev–Trinajstić information content (AvgIpc) is 2.91. The van der Waals surface area contributed by atoms with E-state index in [0.717, 1.165) is 26.9 Å². The summed E-state index contributed by atoms with van der Waals surface area (Å²) in [5.74, 6) is 1.03. The Balaban J connectivity index is 1.93. The quantitative estimate of drug-likeness (QED) is 0.577. The molecule has 1 aliphatic heterocycles. The van der Waals surface area contributed by atoms with Gasteiger partial charge in [-0.25, -0.2) is 4.79 Å². The van der Waals surface area contributed by atoms with Gasteiger partial charge in [0.15, 0.2) is 0 Å². The van der Waals surface area contributed by atoms with Crippen molar-refractivity contribution in [3.63, 3.8) is 0 Å². The van der Waals surface area contributed by atoms with Gasteiger partial charge in [0.1, 0.15) is 11.5 Å². The molecule has 4 heteroatoms. The van der Waals surface area contributed by atoms with E-state index in [1.54, 1.807) is 13.2 Å². The summed E-state index contributed by atoms with van der Waals surface area (Å²) in [6.07, 6.45) is 3.61. The maximum atomic E-state index is 12.1. The number of ether oxygens (including phenoxy) is 2. The first-order valence-corrected chi connectivity index (χ1v) is 7.92. The zero-order valence-corrected chi connectivity index (χ0v) is 14.4. The summed E-state index contributed by atoms with van der Waals surface area (Å²) in [4.78, 5) is 12.1. The Kier molecular flexibility index (Phi) is 4.35. The van der Waals surface area contributed by atoms with E-state index >= 15 is 0 Å². The third-order valence-electron chi connectivity index (χ3n) is 3.64. The molecule has 116 valence electrons. The van der Waals surface area contributed by atoms with E-state index in [0.29, 0.717) is 11.3 Å². The monoisotopic (exact) mass is 370 g/mol. The highest BCUT2D eigenvalue weighted by Gasteiger charge is 2.22. The lowest BCUT2D eigenvalue weighted by atomic mass is 10.0. The maximum absolute atomic E-state index is 12.1. The average molecular weight is 371 g/mol. The lowest BCUT2D eigenvalue weighted by Gasteiger charge is -2.04. The molecule has 0 spiro atoms. The van der Waals surface area contributed by atoms with Crippen LogP contribution >= 0.6 is 15.9 Å². The molecule has 0 bridgehead atoms. The topological polar surface area (TPSA) is 35.5 Å². The van der Waals surface area contributed by atoms with Crippen molar-refractivity contribution in [2.45, 2.75) is 6.92 Å². The predicted molar refractivity (Wildman–Crippen MR) is 93.9 cm³/mol. The van der Waals surface area contributed by atoms with Gasteiger partial charge in [-0.05, 0) is 54.5 Å². The van der Waals surface area contributed by atoms with Gasteiger partial charge in [0.25, 0.3) is 0 Å². The van der Waals surface area contributed by atoms with Gasteiger partial charge in [-0.2, -0.15) is 0 Å². The molecule has 23 heavy (non-hydrogen) atoms. The molecule has 2 aromatic rings. The Hall–Kier alpha value is -2.33. The van der Waals surface area contributed by atoms with Gasteiger partial charge in [0.2, 0.25) is 0 Å². The second-order valence-corrected chi connectivity index (χ2v) is 6.14. The van der Waals surface area contributed by atoms with Crippen LogP contribution in [0.1, 0.15) is 16.7 Å². The fraction of sp³-hybridized carbons (Fsp3) is 0.105. The van der Waals surface area contributed by atoms with Gasteiger partial charge in [-0.15, -0.1) is 0 Å². The van der Waals surface area contributed by atoms with Crippen molar-refractivity contribution in [1.82, 2.24) is 0 Å². The third kappa shape index (κ3) is 3.37. The molecule has 1 heterocycles. The SMILES string of the molecule is COc1ccc(C=C2C=C(c3ccc(Br)cc3)OC2=O)c(C)c1. The van der Waals surface area contributed by atoms with Crippen LogP contribution in [0, 0.1) is 6.92 Å². The summed E-state index contributed by atoms with van der Waals surface area (Å²) in [6, 6.07) is 13.4. The van der Waals surface area contributed by atoms with E-state index in [9.17, 15) is 4.79 Å². The Morgan fingerprint density at radius 2 is 1.87 bits per heavy atom. The largest absolute Gasteiger partial charge is 0.497 e. The van der Waals surface area contributed by atoms with Crippen LogP contribution < -0.4 is 4.74 Å². The molecule has 0 radical (unpaired) electrons. The van der Waals surface area contributed by atoms with Crippen LogP contribution in [-0.2, 0) is 9.53 Å². The number of esters is 1. The van der Waals surface area contributed by atoms with E-state index in [4.69, 9.17) is 9.47 Å². The molecular weight excluding hydrogens is 356 g/mol. The van der Waals surface area contributed by atoms with Crippen LogP contribution in [0.2, 0.25) is 0 Å². The zero-order chi connectivity index (χ0) is 16.4. The van der Waals surface area contributed by atoms with Crippen LogP contribution in [-0.4, -0.2) is 13.1 Å². The number of hydrogen-bond acceptors (Lipinski definition) is 3. The predicted octanol–water partition coefficient (Wildman–Crippen LogP) is 4.75. The minimum atomic E-state index is -0.335. The number of hydrogen-bond donors (Lipinski definition) is 0. The molecular formula is C19H15BrO3. The van der Waals surface area contributed by atoms with Gasteiger partial charge >= 0.3 is 5.97 Å². The Morgan fingerprint density at radius 1 is 1.13 bits per heavy atom. The zero-order valence-electron chi connectivity index (χ0n) is 12.8. The van der Waals surface area contributed by atoms with Gasteiger partial charge < -0.3 is 9.47 Å². The number of cyclic esters (lactones) is 1. The number of rotatable bonds is 3. The molecule has 3 rings (SSSR count).